The number of piperidine rings is 1. The van der Waals surface area contributed by atoms with Crippen molar-refractivity contribution in [2.45, 2.75) is 51.0 Å². The molecule has 0 atom stereocenters. The summed E-state index contributed by atoms with van der Waals surface area (Å²) < 4.78 is 0. The minimum atomic E-state index is -0.0676. The Bertz CT molecular complexity index is 961. The normalized spacial score (nSPS) is 20.7. The average Bonchev–Trinajstić information content (AvgIpc) is 3.51. The molecule has 1 saturated heterocycles. The van der Waals surface area contributed by atoms with Gasteiger partial charge in [0.05, 0.1) is 0 Å². The van der Waals surface area contributed by atoms with Gasteiger partial charge in [-0.1, -0.05) is 35.4 Å². The van der Waals surface area contributed by atoms with Gasteiger partial charge >= 0.3 is 6.03 Å². The van der Waals surface area contributed by atoms with Crippen LogP contribution >= 0.6 is 11.6 Å². The third kappa shape index (κ3) is 3.32. The quantitative estimate of drug-likeness (QED) is 0.710. The molecular weight excluding hydrogens is 382 g/mol. The van der Waals surface area contributed by atoms with E-state index in [4.69, 9.17) is 11.6 Å². The van der Waals surface area contributed by atoms with E-state index in [-0.39, 0.29) is 11.4 Å². The van der Waals surface area contributed by atoms with Crippen molar-refractivity contribution in [3.8, 4) is 0 Å². The maximum absolute atomic E-state index is 13.3. The number of carbonyl (C=O) groups is 1. The lowest BCUT2D eigenvalue weighted by Gasteiger charge is -2.40. The molecule has 2 fully saturated rings. The first-order chi connectivity index (χ1) is 14.0. The van der Waals surface area contributed by atoms with Crippen LogP contribution in [-0.2, 0) is 5.41 Å². The van der Waals surface area contributed by atoms with E-state index in [9.17, 15) is 4.79 Å². The molecule has 152 valence electrons. The monoisotopic (exact) mass is 409 g/mol. The molecule has 1 spiro atoms. The van der Waals surface area contributed by atoms with Crippen molar-refractivity contribution in [2.75, 3.05) is 29.9 Å². The molecule has 1 aliphatic carbocycles. The van der Waals surface area contributed by atoms with Gasteiger partial charge in [0.25, 0.3) is 0 Å². The Kier molecular flexibility index (Phi) is 4.60. The lowest BCUT2D eigenvalue weighted by Crippen LogP contribution is -2.47. The highest BCUT2D eigenvalue weighted by molar-refractivity contribution is 6.31. The van der Waals surface area contributed by atoms with Gasteiger partial charge in [-0.05, 0) is 81.9 Å². The van der Waals surface area contributed by atoms with Gasteiger partial charge in [0.1, 0.15) is 0 Å². The summed E-state index contributed by atoms with van der Waals surface area (Å²) in [5.41, 5.74) is 5.44. The Hall–Kier alpha value is -2.04. The predicted molar refractivity (Wildman–Crippen MR) is 119 cm³/mol. The number of urea groups is 1. The first kappa shape index (κ1) is 19.0. The lowest BCUT2D eigenvalue weighted by atomic mass is 9.74. The van der Waals surface area contributed by atoms with Crippen LogP contribution in [0.3, 0.4) is 0 Å². The van der Waals surface area contributed by atoms with E-state index < -0.39 is 0 Å². The van der Waals surface area contributed by atoms with Gasteiger partial charge in [0.15, 0.2) is 0 Å². The summed E-state index contributed by atoms with van der Waals surface area (Å²) in [6.07, 6.45) is 4.96. The highest BCUT2D eigenvalue weighted by Crippen LogP contribution is 2.48. The summed E-state index contributed by atoms with van der Waals surface area (Å²) in [5.74, 6) is 0. The fourth-order valence-electron chi connectivity index (χ4n) is 5.07. The second-order valence-corrected chi connectivity index (χ2v) is 9.40. The Morgan fingerprint density at radius 1 is 1.14 bits per heavy atom. The van der Waals surface area contributed by atoms with Crippen LogP contribution in [0.5, 0.6) is 0 Å². The third-order valence-electron chi connectivity index (χ3n) is 7.05. The maximum atomic E-state index is 13.3. The molecule has 5 heteroatoms. The molecule has 2 aromatic carbocycles. The Balaban J connectivity index is 1.43. The molecule has 2 aromatic rings. The molecule has 2 amide bonds. The number of fused-ring (bicyclic) bond motifs is 2. The molecule has 2 heterocycles. The molecular formula is C24H28ClN3O. The maximum Gasteiger partial charge on any atom is 0.326 e. The first-order valence-corrected chi connectivity index (χ1v) is 11.0. The van der Waals surface area contributed by atoms with E-state index in [1.807, 2.05) is 30.0 Å². The second kappa shape index (κ2) is 7.03. The van der Waals surface area contributed by atoms with Gasteiger partial charge in [-0.3, -0.25) is 4.90 Å². The number of nitrogens with one attached hydrogen (secondary N) is 1. The van der Waals surface area contributed by atoms with Crippen molar-refractivity contribution in [3.05, 3.63) is 58.1 Å². The van der Waals surface area contributed by atoms with Gasteiger partial charge in [-0.15, -0.1) is 0 Å². The van der Waals surface area contributed by atoms with Crippen molar-refractivity contribution in [3.63, 3.8) is 0 Å². The SMILES string of the molecule is Cc1ccc2c(c1)C1(CCN(C3CC3)CC1)CN2C(=O)Nc1cccc(Cl)c1C. The van der Waals surface area contributed by atoms with Gasteiger partial charge in [-0.2, -0.15) is 0 Å². The number of amides is 2. The molecule has 3 aliphatic rings. The van der Waals surface area contributed by atoms with Crippen molar-refractivity contribution in [1.29, 1.82) is 0 Å². The van der Waals surface area contributed by atoms with Crippen LogP contribution in [0.25, 0.3) is 0 Å². The van der Waals surface area contributed by atoms with E-state index in [2.05, 4.69) is 35.3 Å². The summed E-state index contributed by atoms with van der Waals surface area (Å²) in [6.45, 7) is 7.12. The lowest BCUT2D eigenvalue weighted by molar-refractivity contribution is 0.159. The minimum Gasteiger partial charge on any atom is -0.307 e. The highest BCUT2D eigenvalue weighted by Gasteiger charge is 2.47. The molecule has 5 rings (SSSR count). The van der Waals surface area contributed by atoms with Crippen molar-refractivity contribution < 1.29 is 4.79 Å². The molecule has 0 radical (unpaired) electrons. The number of hydrogen-bond donors (Lipinski definition) is 1. The van der Waals surface area contributed by atoms with E-state index in [1.165, 1.54) is 24.0 Å². The van der Waals surface area contributed by atoms with E-state index in [0.29, 0.717) is 5.02 Å². The third-order valence-corrected chi connectivity index (χ3v) is 7.46. The van der Waals surface area contributed by atoms with Crippen LogP contribution in [0.2, 0.25) is 5.02 Å². The zero-order valence-corrected chi connectivity index (χ0v) is 17.9. The van der Waals surface area contributed by atoms with Crippen LogP contribution in [0.15, 0.2) is 36.4 Å². The number of carbonyl (C=O) groups excluding carboxylic acids is 1. The minimum absolute atomic E-state index is 0.0676. The second-order valence-electron chi connectivity index (χ2n) is 9.00. The van der Waals surface area contributed by atoms with E-state index in [1.54, 1.807) is 0 Å². The average molecular weight is 410 g/mol. The molecule has 0 bridgehead atoms. The summed E-state index contributed by atoms with van der Waals surface area (Å²) in [6, 6.07) is 12.9. The van der Waals surface area contributed by atoms with Crippen LogP contribution in [0.4, 0.5) is 16.2 Å². The molecule has 0 unspecified atom stereocenters. The number of hydrogen-bond acceptors (Lipinski definition) is 2. The molecule has 1 saturated carbocycles. The van der Waals surface area contributed by atoms with Crippen molar-refractivity contribution >= 4 is 29.0 Å². The van der Waals surface area contributed by atoms with Crippen molar-refractivity contribution in [1.82, 2.24) is 4.90 Å². The fraction of sp³-hybridized carbons (Fsp3) is 0.458. The first-order valence-electron chi connectivity index (χ1n) is 10.7. The van der Waals surface area contributed by atoms with Gasteiger partial charge in [-0.25, -0.2) is 4.79 Å². The fourth-order valence-corrected chi connectivity index (χ4v) is 5.25. The number of aryl methyl sites for hydroxylation is 1. The summed E-state index contributed by atoms with van der Waals surface area (Å²) in [5, 5.41) is 3.77. The highest BCUT2D eigenvalue weighted by atomic mass is 35.5. The molecule has 2 aliphatic heterocycles. The summed E-state index contributed by atoms with van der Waals surface area (Å²) in [4.78, 5) is 17.9. The molecule has 0 aromatic heterocycles. The Labute approximate surface area is 177 Å². The number of likely N-dealkylation sites (tertiary alicyclic amines) is 1. The van der Waals surface area contributed by atoms with Crippen LogP contribution < -0.4 is 10.2 Å². The zero-order chi connectivity index (χ0) is 20.2. The molecule has 4 nitrogen and oxygen atoms in total. The van der Waals surface area contributed by atoms with E-state index >= 15 is 0 Å². The Morgan fingerprint density at radius 2 is 1.90 bits per heavy atom. The predicted octanol–water partition coefficient (Wildman–Crippen LogP) is 5.50. The Morgan fingerprint density at radius 3 is 2.62 bits per heavy atom. The summed E-state index contributed by atoms with van der Waals surface area (Å²) >= 11 is 6.25. The zero-order valence-electron chi connectivity index (χ0n) is 17.2. The van der Waals surface area contributed by atoms with Crippen molar-refractivity contribution in [2.24, 2.45) is 0 Å². The van der Waals surface area contributed by atoms with Crippen LogP contribution in [0, 0.1) is 13.8 Å². The van der Waals surface area contributed by atoms with Gasteiger partial charge in [0, 0.05) is 34.4 Å². The standard InChI is InChI=1S/C24H28ClN3O/c1-16-6-9-22-19(14-16)24(10-12-27(13-11-24)18-7-8-18)15-28(22)23(29)26-21-5-3-4-20(25)17(21)2/h3-6,9,14,18H,7-8,10-13,15H2,1-2H3,(H,26,29). The topological polar surface area (TPSA) is 35.6 Å². The smallest absolute Gasteiger partial charge is 0.307 e. The van der Waals surface area contributed by atoms with Gasteiger partial charge in [0.2, 0.25) is 0 Å². The van der Waals surface area contributed by atoms with Gasteiger partial charge < -0.3 is 10.2 Å². The van der Waals surface area contributed by atoms with E-state index in [0.717, 1.165) is 55.5 Å². The molecule has 1 N–H and O–H groups in total. The van der Waals surface area contributed by atoms with Crippen LogP contribution in [0.1, 0.15) is 42.4 Å². The number of benzene rings is 2. The number of nitrogens with zero attached hydrogens (tertiary/aromatic N) is 2. The largest absolute Gasteiger partial charge is 0.326 e. The van der Waals surface area contributed by atoms with Crippen LogP contribution in [-0.4, -0.2) is 36.6 Å². The summed E-state index contributed by atoms with van der Waals surface area (Å²) in [7, 11) is 0. The molecule has 29 heavy (non-hydrogen) atoms. The number of halogens is 1. The number of rotatable bonds is 2. The number of anilines is 2.